The van der Waals surface area contributed by atoms with Crippen molar-refractivity contribution in [2.24, 2.45) is 5.92 Å². The van der Waals surface area contributed by atoms with Crippen LogP contribution in [0.5, 0.6) is 0 Å². The molecule has 1 aliphatic rings. The molecule has 0 spiro atoms. The van der Waals surface area contributed by atoms with Gasteiger partial charge in [0.25, 0.3) is 5.92 Å². The van der Waals surface area contributed by atoms with Crippen LogP contribution in [0.2, 0.25) is 5.02 Å². The van der Waals surface area contributed by atoms with Crippen LogP contribution in [0.15, 0.2) is 41.3 Å². The van der Waals surface area contributed by atoms with Crippen LogP contribution < -0.4 is 10.0 Å². The highest BCUT2D eigenvalue weighted by Gasteiger charge is 2.47. The Morgan fingerprint density at radius 2 is 1.96 bits per heavy atom. The standard InChI is InChI=1S/C19H20ClF3N2O2S/c1-12-8-16(21)4-2-13(12)10-25-28(26,27)18-9-15(20)3-5-17(18)24-11-14-6-7-19(14,22)23/h2-5,8-9,14,24-25H,6-7,10-11H2,1H3. The van der Waals surface area contributed by atoms with E-state index in [1.807, 2.05) is 0 Å². The average molecular weight is 433 g/mol. The van der Waals surface area contributed by atoms with Gasteiger partial charge in [0, 0.05) is 30.5 Å². The molecule has 152 valence electrons. The number of rotatable bonds is 7. The van der Waals surface area contributed by atoms with Crippen molar-refractivity contribution in [3.8, 4) is 0 Å². The molecule has 0 heterocycles. The zero-order chi connectivity index (χ0) is 20.5. The fourth-order valence-corrected chi connectivity index (χ4v) is 4.47. The van der Waals surface area contributed by atoms with Gasteiger partial charge in [-0.1, -0.05) is 17.7 Å². The van der Waals surface area contributed by atoms with Crippen molar-refractivity contribution in [1.82, 2.24) is 4.72 Å². The lowest BCUT2D eigenvalue weighted by Crippen LogP contribution is -2.42. The second-order valence-electron chi connectivity index (χ2n) is 6.91. The number of anilines is 1. The molecule has 1 unspecified atom stereocenters. The van der Waals surface area contributed by atoms with Crippen LogP contribution in [-0.2, 0) is 16.6 Å². The van der Waals surface area contributed by atoms with E-state index in [-0.39, 0.29) is 35.1 Å². The summed E-state index contributed by atoms with van der Waals surface area (Å²) < 4.78 is 68.1. The molecule has 2 aromatic rings. The van der Waals surface area contributed by atoms with E-state index in [1.165, 1.54) is 36.4 Å². The SMILES string of the molecule is Cc1cc(F)ccc1CNS(=O)(=O)c1cc(Cl)ccc1NCC1CCC1(F)F. The van der Waals surface area contributed by atoms with Crippen LogP contribution in [-0.4, -0.2) is 20.9 Å². The molecule has 1 saturated carbocycles. The predicted octanol–water partition coefficient (Wildman–Crippen LogP) is 4.72. The van der Waals surface area contributed by atoms with Crippen molar-refractivity contribution >= 4 is 27.3 Å². The van der Waals surface area contributed by atoms with Crippen LogP contribution in [0.4, 0.5) is 18.9 Å². The van der Waals surface area contributed by atoms with E-state index in [0.717, 1.165) is 0 Å². The second kappa shape index (κ2) is 7.93. The molecule has 4 nitrogen and oxygen atoms in total. The quantitative estimate of drug-likeness (QED) is 0.665. The number of alkyl halides is 2. The highest BCUT2D eigenvalue weighted by atomic mass is 35.5. The first kappa shape index (κ1) is 21.0. The number of hydrogen-bond donors (Lipinski definition) is 2. The van der Waals surface area contributed by atoms with E-state index in [1.54, 1.807) is 6.92 Å². The fourth-order valence-electron chi connectivity index (χ4n) is 3.02. The molecular weight excluding hydrogens is 413 g/mol. The zero-order valence-corrected chi connectivity index (χ0v) is 16.7. The van der Waals surface area contributed by atoms with E-state index in [2.05, 4.69) is 10.0 Å². The van der Waals surface area contributed by atoms with Crippen molar-refractivity contribution < 1.29 is 21.6 Å². The minimum atomic E-state index is -3.98. The Balaban J connectivity index is 1.77. The lowest BCUT2D eigenvalue weighted by molar-refractivity contribution is -0.126. The van der Waals surface area contributed by atoms with Crippen molar-refractivity contribution in [3.63, 3.8) is 0 Å². The Hall–Kier alpha value is -1.77. The first-order chi connectivity index (χ1) is 13.1. The molecule has 28 heavy (non-hydrogen) atoms. The Morgan fingerprint density at radius 1 is 1.21 bits per heavy atom. The van der Waals surface area contributed by atoms with Gasteiger partial charge in [-0.2, -0.15) is 0 Å². The lowest BCUT2D eigenvalue weighted by atomic mass is 9.81. The Labute approximate surface area is 167 Å². The Kier molecular flexibility index (Phi) is 5.93. The van der Waals surface area contributed by atoms with Gasteiger partial charge in [-0.15, -0.1) is 0 Å². The summed E-state index contributed by atoms with van der Waals surface area (Å²) in [5, 5.41) is 3.02. The predicted molar refractivity (Wildman–Crippen MR) is 103 cm³/mol. The van der Waals surface area contributed by atoms with E-state index in [0.29, 0.717) is 17.5 Å². The molecule has 9 heteroatoms. The first-order valence-corrected chi connectivity index (χ1v) is 10.6. The third-order valence-corrected chi connectivity index (χ3v) is 6.63. The molecule has 1 atom stereocenters. The van der Waals surface area contributed by atoms with E-state index < -0.39 is 27.7 Å². The van der Waals surface area contributed by atoms with E-state index in [4.69, 9.17) is 11.6 Å². The van der Waals surface area contributed by atoms with Gasteiger partial charge in [0.15, 0.2) is 0 Å². The van der Waals surface area contributed by atoms with Gasteiger partial charge >= 0.3 is 0 Å². The maximum atomic E-state index is 13.5. The van der Waals surface area contributed by atoms with E-state index in [9.17, 15) is 21.6 Å². The molecule has 1 fully saturated rings. The summed E-state index contributed by atoms with van der Waals surface area (Å²) in [5.74, 6) is -3.96. The maximum absolute atomic E-state index is 13.5. The zero-order valence-electron chi connectivity index (χ0n) is 15.1. The summed E-state index contributed by atoms with van der Waals surface area (Å²) in [5.41, 5.74) is 1.44. The van der Waals surface area contributed by atoms with Gasteiger partial charge in [-0.3, -0.25) is 0 Å². The summed E-state index contributed by atoms with van der Waals surface area (Å²) in [6.45, 7) is 1.60. The summed E-state index contributed by atoms with van der Waals surface area (Å²) in [6.07, 6.45) is 0.238. The van der Waals surface area contributed by atoms with Crippen molar-refractivity contribution in [3.05, 3.63) is 58.4 Å². The molecule has 0 saturated heterocycles. The maximum Gasteiger partial charge on any atom is 0.252 e. The number of hydrogen-bond acceptors (Lipinski definition) is 3. The highest BCUT2D eigenvalue weighted by Crippen LogP contribution is 2.43. The van der Waals surface area contributed by atoms with Crippen LogP contribution >= 0.6 is 11.6 Å². The molecule has 1 aliphatic carbocycles. The number of benzene rings is 2. The van der Waals surface area contributed by atoms with Crippen molar-refractivity contribution in [2.75, 3.05) is 11.9 Å². The molecule has 0 aromatic heterocycles. The first-order valence-electron chi connectivity index (χ1n) is 8.74. The van der Waals surface area contributed by atoms with Gasteiger partial charge in [0.1, 0.15) is 10.7 Å². The van der Waals surface area contributed by atoms with Crippen LogP contribution in [0.1, 0.15) is 24.0 Å². The molecule has 0 amide bonds. The number of aryl methyl sites for hydroxylation is 1. The smallest absolute Gasteiger partial charge is 0.252 e. The topological polar surface area (TPSA) is 58.2 Å². The third-order valence-electron chi connectivity index (χ3n) is 4.95. The summed E-state index contributed by atoms with van der Waals surface area (Å²) in [6, 6.07) is 8.28. The molecular formula is C19H20ClF3N2O2S. The Morgan fingerprint density at radius 3 is 2.57 bits per heavy atom. The minimum absolute atomic E-state index is 0.0335. The molecule has 2 N–H and O–H groups in total. The summed E-state index contributed by atoms with van der Waals surface area (Å²) in [7, 11) is -3.98. The fraction of sp³-hybridized carbons (Fsp3) is 0.368. The van der Waals surface area contributed by atoms with Crippen LogP contribution in [0, 0.1) is 18.7 Å². The number of nitrogens with one attached hydrogen (secondary N) is 2. The van der Waals surface area contributed by atoms with Crippen LogP contribution in [0.3, 0.4) is 0 Å². The largest absolute Gasteiger partial charge is 0.383 e. The van der Waals surface area contributed by atoms with Gasteiger partial charge in [0.05, 0.1) is 5.69 Å². The second-order valence-corrected chi connectivity index (χ2v) is 9.09. The summed E-state index contributed by atoms with van der Waals surface area (Å²) >= 11 is 5.95. The molecule has 0 radical (unpaired) electrons. The molecule has 3 rings (SSSR count). The highest BCUT2D eigenvalue weighted by molar-refractivity contribution is 7.89. The number of sulfonamides is 1. The van der Waals surface area contributed by atoms with Gasteiger partial charge in [-0.05, 0) is 54.8 Å². The molecule has 0 bridgehead atoms. The van der Waals surface area contributed by atoms with Gasteiger partial charge in [-0.25, -0.2) is 26.3 Å². The summed E-state index contributed by atoms with van der Waals surface area (Å²) in [4.78, 5) is -0.123. The lowest BCUT2D eigenvalue weighted by Gasteiger charge is -2.36. The molecule has 0 aliphatic heterocycles. The molecule has 2 aromatic carbocycles. The van der Waals surface area contributed by atoms with Gasteiger partial charge in [0.2, 0.25) is 10.0 Å². The monoisotopic (exact) mass is 432 g/mol. The average Bonchev–Trinajstić information content (AvgIpc) is 2.61. The van der Waals surface area contributed by atoms with E-state index >= 15 is 0 Å². The normalized spacial score (nSPS) is 18.5. The third kappa shape index (κ3) is 4.61. The minimum Gasteiger partial charge on any atom is -0.383 e. The van der Waals surface area contributed by atoms with Crippen molar-refractivity contribution in [1.29, 1.82) is 0 Å². The van der Waals surface area contributed by atoms with Gasteiger partial charge < -0.3 is 5.32 Å². The van der Waals surface area contributed by atoms with Crippen molar-refractivity contribution in [2.45, 2.75) is 37.1 Å². The number of halogens is 4. The Bertz CT molecular complexity index is 983. The van der Waals surface area contributed by atoms with Crippen LogP contribution in [0.25, 0.3) is 0 Å².